The summed E-state index contributed by atoms with van der Waals surface area (Å²) in [6, 6.07) is 2.80. The van der Waals surface area contributed by atoms with Crippen LogP contribution in [0.1, 0.15) is 0 Å². The Hall–Kier alpha value is -2.34. The normalized spacial score (nSPS) is 7.71. The Morgan fingerprint density at radius 3 is 1.57 bits per heavy atom. The Morgan fingerprint density at radius 2 is 1.36 bits per heavy atom. The Kier molecular flexibility index (Phi) is 4.44. The minimum atomic E-state index is -1.07. The van der Waals surface area contributed by atoms with Crippen molar-refractivity contribution in [2.75, 3.05) is 14.2 Å². The number of hydrogen-bond acceptors (Lipinski definition) is 6. The van der Waals surface area contributed by atoms with E-state index in [1.54, 1.807) is 0 Å². The lowest BCUT2D eigenvalue weighted by Crippen LogP contribution is -2.17. The molecule has 0 radical (unpaired) electrons. The van der Waals surface area contributed by atoms with Gasteiger partial charge in [0.15, 0.2) is 11.1 Å². The smallest absolute Gasteiger partial charge is 0.347 e. The maximum absolute atomic E-state index is 11.0. The first-order valence-corrected chi connectivity index (χ1v) is 3.33. The van der Waals surface area contributed by atoms with E-state index in [-0.39, 0.29) is 0 Å². The van der Waals surface area contributed by atoms with E-state index in [2.05, 4.69) is 9.47 Å². The molecular formula is C8H6N2O4. The summed E-state index contributed by atoms with van der Waals surface area (Å²) in [5, 5.41) is 16.9. The third-order valence-electron chi connectivity index (χ3n) is 1.25. The second-order valence-corrected chi connectivity index (χ2v) is 1.96. The highest BCUT2D eigenvalue weighted by atomic mass is 16.5. The zero-order valence-electron chi connectivity index (χ0n) is 7.53. The number of ether oxygens (including phenoxy) is 2. The van der Waals surface area contributed by atoms with Crippen LogP contribution >= 0.6 is 0 Å². The highest BCUT2D eigenvalue weighted by Gasteiger charge is 2.25. The average Bonchev–Trinajstić information content (AvgIpc) is 2.23. The van der Waals surface area contributed by atoms with Crippen LogP contribution in [-0.4, -0.2) is 26.2 Å². The van der Waals surface area contributed by atoms with E-state index in [0.717, 1.165) is 14.2 Å². The van der Waals surface area contributed by atoms with E-state index < -0.39 is 23.1 Å². The van der Waals surface area contributed by atoms with Crippen LogP contribution in [-0.2, 0) is 19.1 Å². The highest BCUT2D eigenvalue weighted by Crippen LogP contribution is 2.07. The third-order valence-corrected chi connectivity index (χ3v) is 1.25. The Balaban J connectivity index is 5.45. The Morgan fingerprint density at radius 1 is 1.00 bits per heavy atom. The number of rotatable bonds is 2. The van der Waals surface area contributed by atoms with E-state index in [1.165, 1.54) is 12.1 Å². The molecule has 0 rings (SSSR count). The number of nitrogens with zero attached hydrogens (tertiary/aromatic N) is 2. The van der Waals surface area contributed by atoms with Crippen LogP contribution in [0, 0.1) is 22.7 Å². The molecule has 0 saturated carbocycles. The van der Waals surface area contributed by atoms with Gasteiger partial charge in [0, 0.05) is 0 Å². The zero-order chi connectivity index (χ0) is 11.1. The summed E-state index contributed by atoms with van der Waals surface area (Å²) < 4.78 is 8.44. The summed E-state index contributed by atoms with van der Waals surface area (Å²) in [5.74, 6) is -2.15. The molecule has 0 fully saturated rings. The number of nitriles is 2. The summed E-state index contributed by atoms with van der Waals surface area (Å²) in [4.78, 5) is 22.0. The quantitative estimate of drug-likeness (QED) is 0.196. The molecule has 6 heteroatoms. The fourth-order valence-corrected chi connectivity index (χ4v) is 0.628. The lowest BCUT2D eigenvalue weighted by atomic mass is 10.1. The Bertz CT molecular complexity index is 336. The fourth-order valence-electron chi connectivity index (χ4n) is 0.628. The van der Waals surface area contributed by atoms with Gasteiger partial charge in [0.25, 0.3) is 0 Å². The molecule has 0 aliphatic rings. The van der Waals surface area contributed by atoms with Gasteiger partial charge in [0.2, 0.25) is 0 Å². The van der Waals surface area contributed by atoms with Gasteiger partial charge >= 0.3 is 11.9 Å². The second-order valence-electron chi connectivity index (χ2n) is 1.96. The van der Waals surface area contributed by atoms with Crippen molar-refractivity contribution >= 4 is 11.9 Å². The van der Waals surface area contributed by atoms with Gasteiger partial charge in [-0.25, -0.2) is 9.59 Å². The maximum atomic E-state index is 11.0. The monoisotopic (exact) mass is 194 g/mol. The molecule has 6 nitrogen and oxygen atoms in total. The van der Waals surface area contributed by atoms with Crippen LogP contribution in [0.2, 0.25) is 0 Å². The lowest BCUT2D eigenvalue weighted by Gasteiger charge is -2.01. The van der Waals surface area contributed by atoms with E-state index in [4.69, 9.17) is 10.5 Å². The standard InChI is InChI=1S/C8H6N2O4/c1-13-7(11)6(8(12)14-2)5(3-9)4-10/h1-2H3. The largest absolute Gasteiger partial charge is 0.465 e. The molecular weight excluding hydrogens is 188 g/mol. The molecule has 0 aliphatic heterocycles. The van der Waals surface area contributed by atoms with Crippen molar-refractivity contribution in [1.82, 2.24) is 0 Å². The second kappa shape index (κ2) is 5.33. The highest BCUT2D eigenvalue weighted by molar-refractivity contribution is 6.15. The van der Waals surface area contributed by atoms with Gasteiger partial charge in [0.1, 0.15) is 12.1 Å². The van der Waals surface area contributed by atoms with Gasteiger partial charge in [-0.05, 0) is 0 Å². The minimum Gasteiger partial charge on any atom is -0.465 e. The van der Waals surface area contributed by atoms with Gasteiger partial charge in [-0.3, -0.25) is 0 Å². The third kappa shape index (κ3) is 2.32. The molecule has 0 aromatic rings. The van der Waals surface area contributed by atoms with Crippen molar-refractivity contribution in [3.05, 3.63) is 11.1 Å². The van der Waals surface area contributed by atoms with Gasteiger partial charge in [-0.2, -0.15) is 10.5 Å². The summed E-state index contributed by atoms with van der Waals surface area (Å²) in [6.07, 6.45) is 0. The summed E-state index contributed by atoms with van der Waals surface area (Å²) in [7, 11) is 2.05. The maximum Gasteiger partial charge on any atom is 0.347 e. The molecule has 14 heavy (non-hydrogen) atoms. The molecule has 0 spiro atoms. The number of carbonyl (C=O) groups excluding carboxylic acids is 2. The van der Waals surface area contributed by atoms with E-state index in [0.29, 0.717) is 0 Å². The zero-order valence-corrected chi connectivity index (χ0v) is 7.53. The van der Waals surface area contributed by atoms with E-state index in [9.17, 15) is 9.59 Å². The predicted molar refractivity (Wildman–Crippen MR) is 42.3 cm³/mol. The van der Waals surface area contributed by atoms with Crippen LogP contribution in [0.25, 0.3) is 0 Å². The number of hydrogen-bond donors (Lipinski definition) is 0. The molecule has 0 amide bonds. The molecule has 0 unspecified atom stereocenters. The molecule has 0 saturated heterocycles. The minimum absolute atomic E-state index is 0.635. The molecule has 0 N–H and O–H groups in total. The summed E-state index contributed by atoms with van der Waals surface area (Å²) in [6.45, 7) is 0. The van der Waals surface area contributed by atoms with Crippen molar-refractivity contribution in [3.8, 4) is 12.1 Å². The molecule has 0 aromatic heterocycles. The SMILES string of the molecule is COC(=O)C(C(=O)OC)=C(C#N)C#N. The first-order valence-electron chi connectivity index (χ1n) is 3.33. The lowest BCUT2D eigenvalue weighted by molar-refractivity contribution is -0.144. The van der Waals surface area contributed by atoms with Crippen molar-refractivity contribution in [2.45, 2.75) is 0 Å². The van der Waals surface area contributed by atoms with Crippen molar-refractivity contribution in [3.63, 3.8) is 0 Å². The number of carbonyl (C=O) groups is 2. The first-order chi connectivity index (χ1) is 6.62. The van der Waals surface area contributed by atoms with Crippen LogP contribution in [0.4, 0.5) is 0 Å². The van der Waals surface area contributed by atoms with E-state index >= 15 is 0 Å². The van der Waals surface area contributed by atoms with Crippen molar-refractivity contribution < 1.29 is 19.1 Å². The van der Waals surface area contributed by atoms with Crippen LogP contribution in [0.15, 0.2) is 11.1 Å². The summed E-state index contributed by atoms with van der Waals surface area (Å²) >= 11 is 0. The molecule has 0 aliphatic carbocycles. The number of esters is 2. The number of methoxy groups -OCH3 is 2. The van der Waals surface area contributed by atoms with Crippen molar-refractivity contribution in [2.24, 2.45) is 0 Å². The molecule has 72 valence electrons. The molecule has 0 aromatic carbocycles. The van der Waals surface area contributed by atoms with Gasteiger partial charge in [-0.1, -0.05) is 0 Å². The van der Waals surface area contributed by atoms with Crippen LogP contribution in [0.3, 0.4) is 0 Å². The van der Waals surface area contributed by atoms with Crippen LogP contribution < -0.4 is 0 Å². The predicted octanol–water partition coefficient (Wildman–Crippen LogP) is -0.324. The topological polar surface area (TPSA) is 100 Å². The van der Waals surface area contributed by atoms with Gasteiger partial charge < -0.3 is 9.47 Å². The average molecular weight is 194 g/mol. The van der Waals surface area contributed by atoms with Gasteiger partial charge in [0.05, 0.1) is 14.2 Å². The molecule has 0 bridgehead atoms. The Labute approximate surface area is 79.9 Å². The fraction of sp³-hybridized carbons (Fsp3) is 0.250. The van der Waals surface area contributed by atoms with Crippen molar-refractivity contribution in [1.29, 1.82) is 10.5 Å². The van der Waals surface area contributed by atoms with E-state index in [1.807, 2.05) is 0 Å². The van der Waals surface area contributed by atoms with Crippen LogP contribution in [0.5, 0.6) is 0 Å². The molecule has 0 heterocycles. The summed E-state index contributed by atoms with van der Waals surface area (Å²) in [5.41, 5.74) is -1.33. The van der Waals surface area contributed by atoms with Gasteiger partial charge in [-0.15, -0.1) is 0 Å². The number of allylic oxidation sites excluding steroid dienone is 1. The molecule has 0 atom stereocenters. The first kappa shape index (κ1) is 11.7.